The Kier molecular flexibility index (Phi) is 4.80. The van der Waals surface area contributed by atoms with Crippen molar-refractivity contribution in [3.63, 3.8) is 0 Å². The molecule has 0 radical (unpaired) electrons. The van der Waals surface area contributed by atoms with Gasteiger partial charge >= 0.3 is 0 Å². The van der Waals surface area contributed by atoms with Crippen molar-refractivity contribution < 1.29 is 0 Å². The van der Waals surface area contributed by atoms with Gasteiger partial charge in [-0.15, -0.1) is 0 Å². The van der Waals surface area contributed by atoms with E-state index in [0.29, 0.717) is 6.04 Å². The molecule has 34 heavy (non-hydrogen) atoms. The van der Waals surface area contributed by atoms with Crippen LogP contribution in [0.2, 0.25) is 0 Å². The van der Waals surface area contributed by atoms with Gasteiger partial charge in [-0.05, 0) is 50.2 Å². The molecule has 5 aromatic heterocycles. The molecule has 166 valence electrons. The minimum atomic E-state index is 0.330. The molecule has 3 N–H and O–H groups in total. The minimum absolute atomic E-state index is 0.330. The molecule has 0 saturated carbocycles. The second-order valence-electron chi connectivity index (χ2n) is 8.62. The third kappa shape index (κ3) is 3.57. The summed E-state index contributed by atoms with van der Waals surface area (Å²) in [5.74, 6) is 0. The van der Waals surface area contributed by atoms with Crippen LogP contribution in [0.25, 0.3) is 55.7 Å². The van der Waals surface area contributed by atoms with Crippen LogP contribution < -0.4 is 5.32 Å². The SMILES string of the molecule is CC(C)Nc1cncc(-c2cnc3[nH]nc(-c4cc5c(-c6ccccn6)cccc5[nH]4)c3c2)c1. The lowest BCUT2D eigenvalue weighted by molar-refractivity contribution is 0.898. The number of aromatic amines is 2. The van der Waals surface area contributed by atoms with Crippen molar-refractivity contribution in [2.75, 3.05) is 5.32 Å². The molecular formula is C27H23N7. The number of fused-ring (bicyclic) bond motifs is 2. The number of anilines is 1. The molecule has 0 spiro atoms. The zero-order valence-electron chi connectivity index (χ0n) is 18.9. The Morgan fingerprint density at radius 2 is 1.76 bits per heavy atom. The molecular weight excluding hydrogens is 422 g/mol. The number of benzene rings is 1. The third-order valence-electron chi connectivity index (χ3n) is 5.80. The van der Waals surface area contributed by atoms with Gasteiger partial charge < -0.3 is 10.3 Å². The average molecular weight is 446 g/mol. The molecule has 6 aromatic rings. The molecule has 5 heterocycles. The quantitative estimate of drug-likeness (QED) is 0.300. The molecule has 0 atom stereocenters. The molecule has 0 aliphatic carbocycles. The van der Waals surface area contributed by atoms with Gasteiger partial charge in [0.2, 0.25) is 0 Å². The van der Waals surface area contributed by atoms with Crippen LogP contribution in [0.5, 0.6) is 0 Å². The maximum atomic E-state index is 4.62. The van der Waals surface area contributed by atoms with E-state index in [1.54, 1.807) is 0 Å². The Balaban J connectivity index is 1.45. The smallest absolute Gasteiger partial charge is 0.155 e. The molecule has 0 amide bonds. The van der Waals surface area contributed by atoms with Gasteiger partial charge in [0.1, 0.15) is 5.69 Å². The summed E-state index contributed by atoms with van der Waals surface area (Å²) >= 11 is 0. The molecule has 0 bridgehead atoms. The van der Waals surface area contributed by atoms with E-state index >= 15 is 0 Å². The summed E-state index contributed by atoms with van der Waals surface area (Å²) in [5, 5.41) is 13.1. The number of H-pyrrole nitrogens is 2. The zero-order chi connectivity index (χ0) is 23.1. The van der Waals surface area contributed by atoms with Gasteiger partial charge in [0.15, 0.2) is 5.65 Å². The minimum Gasteiger partial charge on any atom is -0.382 e. The monoisotopic (exact) mass is 445 g/mol. The maximum absolute atomic E-state index is 4.62. The largest absolute Gasteiger partial charge is 0.382 e. The molecule has 0 unspecified atom stereocenters. The first-order valence-corrected chi connectivity index (χ1v) is 11.3. The van der Waals surface area contributed by atoms with Crippen LogP contribution in [0.15, 0.2) is 79.4 Å². The number of nitrogens with zero attached hydrogens (tertiary/aromatic N) is 4. The van der Waals surface area contributed by atoms with E-state index in [4.69, 9.17) is 0 Å². The van der Waals surface area contributed by atoms with E-state index in [2.05, 4.69) is 79.6 Å². The highest BCUT2D eigenvalue weighted by Crippen LogP contribution is 2.34. The summed E-state index contributed by atoms with van der Waals surface area (Å²) < 4.78 is 0. The van der Waals surface area contributed by atoms with Crippen LogP contribution >= 0.6 is 0 Å². The lowest BCUT2D eigenvalue weighted by atomic mass is 10.1. The fraction of sp³-hybridized carbons (Fsp3) is 0.111. The van der Waals surface area contributed by atoms with Crippen LogP contribution in [0.4, 0.5) is 5.69 Å². The Morgan fingerprint density at radius 3 is 2.62 bits per heavy atom. The van der Waals surface area contributed by atoms with Crippen molar-refractivity contribution in [3.05, 3.63) is 79.4 Å². The summed E-state index contributed by atoms with van der Waals surface area (Å²) in [6, 6.07) is 18.8. The standard InChI is InChI=1S/C27H23N7/c1-16(2)31-19-10-17(13-28-15-19)18-11-22-26(33-34-27(22)30-14-18)25-12-21-20(6-5-8-24(21)32-25)23-7-3-4-9-29-23/h3-16,31-32H,1-2H3,(H,30,33,34). The second-order valence-corrected chi connectivity index (χ2v) is 8.62. The van der Waals surface area contributed by atoms with Gasteiger partial charge in [-0.2, -0.15) is 5.10 Å². The number of nitrogens with one attached hydrogen (secondary N) is 3. The predicted molar refractivity (Wildman–Crippen MR) is 136 cm³/mol. The third-order valence-corrected chi connectivity index (χ3v) is 5.80. The van der Waals surface area contributed by atoms with Crippen LogP contribution in [-0.2, 0) is 0 Å². The fourth-order valence-electron chi connectivity index (χ4n) is 4.30. The highest BCUT2D eigenvalue weighted by atomic mass is 15.2. The molecule has 1 aromatic carbocycles. The molecule has 0 aliphatic rings. The van der Waals surface area contributed by atoms with Crippen LogP contribution in [0, 0.1) is 0 Å². The normalized spacial score (nSPS) is 11.5. The summed E-state index contributed by atoms with van der Waals surface area (Å²) in [5.41, 5.74) is 8.53. The van der Waals surface area contributed by atoms with Gasteiger partial charge in [-0.25, -0.2) is 4.98 Å². The predicted octanol–water partition coefficient (Wildman–Crippen LogP) is 6.05. The second kappa shape index (κ2) is 8.12. The summed E-state index contributed by atoms with van der Waals surface area (Å²) in [6.07, 6.45) is 7.36. The molecule has 6 rings (SSSR count). The van der Waals surface area contributed by atoms with Crippen molar-refractivity contribution in [1.29, 1.82) is 0 Å². The highest BCUT2D eigenvalue weighted by molar-refractivity contribution is 6.00. The first-order chi connectivity index (χ1) is 16.7. The van der Waals surface area contributed by atoms with E-state index in [9.17, 15) is 0 Å². The van der Waals surface area contributed by atoms with Crippen molar-refractivity contribution >= 4 is 27.6 Å². The fourth-order valence-corrected chi connectivity index (χ4v) is 4.30. The van der Waals surface area contributed by atoms with Crippen molar-refractivity contribution in [3.8, 4) is 33.8 Å². The summed E-state index contributed by atoms with van der Waals surface area (Å²) in [4.78, 5) is 17.1. The van der Waals surface area contributed by atoms with Gasteiger partial charge in [-0.3, -0.25) is 15.1 Å². The summed E-state index contributed by atoms with van der Waals surface area (Å²) in [6.45, 7) is 4.22. The molecule has 0 saturated heterocycles. The lowest BCUT2D eigenvalue weighted by Gasteiger charge is -2.10. The topological polar surface area (TPSA) is 95.2 Å². The number of rotatable bonds is 5. The Morgan fingerprint density at radius 1 is 0.853 bits per heavy atom. The lowest BCUT2D eigenvalue weighted by Crippen LogP contribution is -2.09. The maximum Gasteiger partial charge on any atom is 0.155 e. The van der Waals surface area contributed by atoms with E-state index in [1.165, 1.54) is 0 Å². The Hall–Kier alpha value is -4.52. The highest BCUT2D eigenvalue weighted by Gasteiger charge is 2.15. The Labute approximate surface area is 196 Å². The average Bonchev–Trinajstić information content (AvgIpc) is 3.48. The van der Waals surface area contributed by atoms with Gasteiger partial charge in [0.25, 0.3) is 0 Å². The number of hydrogen-bond acceptors (Lipinski definition) is 5. The van der Waals surface area contributed by atoms with Gasteiger partial charge in [-0.1, -0.05) is 18.2 Å². The molecule has 7 heteroatoms. The zero-order valence-corrected chi connectivity index (χ0v) is 18.9. The van der Waals surface area contributed by atoms with E-state index in [-0.39, 0.29) is 0 Å². The van der Waals surface area contributed by atoms with Crippen LogP contribution in [-0.4, -0.2) is 36.2 Å². The molecule has 0 fully saturated rings. The van der Waals surface area contributed by atoms with E-state index in [1.807, 2.05) is 49.1 Å². The van der Waals surface area contributed by atoms with Gasteiger partial charge in [0.05, 0.1) is 17.1 Å². The Bertz CT molecular complexity index is 1610. The van der Waals surface area contributed by atoms with Gasteiger partial charge in [0, 0.05) is 63.8 Å². The first kappa shape index (κ1) is 20.1. The molecule has 7 nitrogen and oxygen atoms in total. The number of aromatic nitrogens is 6. The molecule has 0 aliphatic heterocycles. The van der Waals surface area contributed by atoms with Crippen molar-refractivity contribution in [2.45, 2.75) is 19.9 Å². The van der Waals surface area contributed by atoms with Crippen molar-refractivity contribution in [1.82, 2.24) is 30.1 Å². The van der Waals surface area contributed by atoms with E-state index in [0.717, 1.165) is 61.4 Å². The van der Waals surface area contributed by atoms with Crippen LogP contribution in [0.1, 0.15) is 13.8 Å². The van der Waals surface area contributed by atoms with Crippen LogP contribution in [0.3, 0.4) is 0 Å². The number of pyridine rings is 3. The summed E-state index contributed by atoms with van der Waals surface area (Å²) in [7, 11) is 0. The van der Waals surface area contributed by atoms with E-state index < -0.39 is 0 Å². The van der Waals surface area contributed by atoms with Crippen molar-refractivity contribution in [2.24, 2.45) is 0 Å². The first-order valence-electron chi connectivity index (χ1n) is 11.3. The number of hydrogen-bond donors (Lipinski definition) is 3.